The lowest BCUT2D eigenvalue weighted by Crippen LogP contribution is -2.04. The third-order valence-electron chi connectivity index (χ3n) is 2.17. The van der Waals surface area contributed by atoms with Crippen molar-refractivity contribution in [3.8, 4) is 11.6 Å². The number of hydrogen-bond acceptors (Lipinski definition) is 3. The topological polar surface area (TPSA) is 35.0 Å². The van der Waals surface area contributed by atoms with Crippen molar-refractivity contribution >= 4 is 15.9 Å². The zero-order valence-corrected chi connectivity index (χ0v) is 11.3. The van der Waals surface area contributed by atoms with E-state index in [0.29, 0.717) is 10.4 Å². The van der Waals surface area contributed by atoms with Gasteiger partial charge in [0, 0.05) is 6.07 Å². The Bertz CT molecular complexity index is 582. The maximum absolute atomic E-state index is 12.5. The number of nitrogens with zero attached hydrogens (tertiary/aromatic N) is 2. The molecule has 19 heavy (non-hydrogen) atoms. The lowest BCUT2D eigenvalue weighted by molar-refractivity contribution is -0.137. The number of rotatable bonds is 2. The predicted molar refractivity (Wildman–Crippen MR) is 66.0 cm³/mol. The van der Waals surface area contributed by atoms with Gasteiger partial charge in [-0.05, 0) is 41.1 Å². The Hall–Kier alpha value is -1.63. The molecule has 2 rings (SSSR count). The molecule has 1 heterocycles. The number of halogens is 4. The molecule has 3 nitrogen and oxygen atoms in total. The second kappa shape index (κ2) is 5.16. The quantitative estimate of drug-likeness (QED) is 0.766. The Kier molecular flexibility index (Phi) is 3.75. The highest BCUT2D eigenvalue weighted by Crippen LogP contribution is 2.32. The molecule has 1 aromatic heterocycles. The summed E-state index contributed by atoms with van der Waals surface area (Å²) in [5.41, 5.74) is -0.769. The van der Waals surface area contributed by atoms with Crippen molar-refractivity contribution in [2.75, 3.05) is 0 Å². The predicted octanol–water partition coefficient (Wildman–Crippen LogP) is 4.36. The highest BCUT2D eigenvalue weighted by Gasteiger charge is 2.30. The van der Waals surface area contributed by atoms with Crippen LogP contribution in [0.4, 0.5) is 13.2 Å². The molecule has 0 N–H and O–H groups in total. The lowest BCUT2D eigenvalue weighted by Gasteiger charge is -2.09. The van der Waals surface area contributed by atoms with Gasteiger partial charge in [-0.25, -0.2) is 4.98 Å². The van der Waals surface area contributed by atoms with Gasteiger partial charge < -0.3 is 4.74 Å². The van der Waals surface area contributed by atoms with E-state index in [2.05, 4.69) is 25.9 Å². The Balaban J connectivity index is 2.28. The first kappa shape index (κ1) is 13.8. The van der Waals surface area contributed by atoms with E-state index in [0.717, 1.165) is 12.1 Å². The number of hydrogen-bond donors (Lipinski definition) is 0. The largest absolute Gasteiger partial charge is 0.439 e. The summed E-state index contributed by atoms with van der Waals surface area (Å²) in [7, 11) is 0. The monoisotopic (exact) mass is 332 g/mol. The highest BCUT2D eigenvalue weighted by molar-refractivity contribution is 9.10. The molecule has 0 aliphatic heterocycles. The SMILES string of the molecule is Cc1nc(Br)cc(Oc2cccc(C(F)(F)F)c2)n1. The maximum Gasteiger partial charge on any atom is 0.416 e. The molecule has 0 radical (unpaired) electrons. The number of aromatic nitrogens is 2. The van der Waals surface area contributed by atoms with Crippen molar-refractivity contribution in [3.05, 3.63) is 46.3 Å². The van der Waals surface area contributed by atoms with Crippen LogP contribution < -0.4 is 4.74 Å². The number of benzene rings is 1. The van der Waals surface area contributed by atoms with Crippen LogP contribution in [0.3, 0.4) is 0 Å². The Morgan fingerprint density at radius 2 is 1.89 bits per heavy atom. The third-order valence-corrected chi connectivity index (χ3v) is 2.57. The fourth-order valence-electron chi connectivity index (χ4n) is 1.41. The summed E-state index contributed by atoms with van der Waals surface area (Å²) in [5, 5.41) is 0. The lowest BCUT2D eigenvalue weighted by atomic mass is 10.2. The molecule has 100 valence electrons. The zero-order chi connectivity index (χ0) is 14.0. The van der Waals surface area contributed by atoms with Crippen molar-refractivity contribution < 1.29 is 17.9 Å². The molecule has 0 saturated carbocycles. The second-order valence-corrected chi connectivity index (χ2v) is 4.52. The van der Waals surface area contributed by atoms with E-state index in [4.69, 9.17) is 4.74 Å². The van der Waals surface area contributed by atoms with E-state index in [9.17, 15) is 13.2 Å². The smallest absolute Gasteiger partial charge is 0.416 e. The van der Waals surface area contributed by atoms with Crippen LogP contribution in [0.1, 0.15) is 11.4 Å². The van der Waals surface area contributed by atoms with E-state index >= 15 is 0 Å². The van der Waals surface area contributed by atoms with E-state index in [1.807, 2.05) is 0 Å². The van der Waals surface area contributed by atoms with Crippen LogP contribution in [0.15, 0.2) is 34.9 Å². The van der Waals surface area contributed by atoms with E-state index < -0.39 is 11.7 Å². The number of alkyl halides is 3. The first-order valence-electron chi connectivity index (χ1n) is 5.21. The summed E-state index contributed by atoms with van der Waals surface area (Å²) in [6.07, 6.45) is -4.40. The van der Waals surface area contributed by atoms with Crippen molar-refractivity contribution in [1.29, 1.82) is 0 Å². The fourth-order valence-corrected chi connectivity index (χ4v) is 1.87. The van der Waals surface area contributed by atoms with Gasteiger partial charge in [0.15, 0.2) is 0 Å². The molecule has 1 aromatic carbocycles. The van der Waals surface area contributed by atoms with Gasteiger partial charge in [-0.3, -0.25) is 0 Å². The average molecular weight is 333 g/mol. The van der Waals surface area contributed by atoms with E-state index in [1.165, 1.54) is 18.2 Å². The number of ether oxygens (including phenoxy) is 1. The van der Waals surface area contributed by atoms with E-state index in [1.54, 1.807) is 6.92 Å². The van der Waals surface area contributed by atoms with Crippen LogP contribution in [-0.2, 0) is 6.18 Å². The minimum Gasteiger partial charge on any atom is -0.439 e. The van der Waals surface area contributed by atoms with Gasteiger partial charge >= 0.3 is 6.18 Å². The first-order valence-corrected chi connectivity index (χ1v) is 6.00. The van der Waals surface area contributed by atoms with Gasteiger partial charge in [0.1, 0.15) is 16.2 Å². The molecule has 0 amide bonds. The molecule has 0 spiro atoms. The van der Waals surface area contributed by atoms with Gasteiger partial charge in [0.25, 0.3) is 0 Å². The fraction of sp³-hybridized carbons (Fsp3) is 0.167. The summed E-state index contributed by atoms with van der Waals surface area (Å²) in [4.78, 5) is 7.95. The molecule has 0 aliphatic rings. The second-order valence-electron chi connectivity index (χ2n) is 3.70. The Morgan fingerprint density at radius 3 is 2.53 bits per heavy atom. The van der Waals surface area contributed by atoms with Gasteiger partial charge in [-0.2, -0.15) is 18.2 Å². The standard InChI is InChI=1S/C12H8BrF3N2O/c1-7-17-10(13)6-11(18-7)19-9-4-2-3-8(5-9)12(14,15)16/h2-6H,1H3. The van der Waals surface area contributed by atoms with Gasteiger partial charge in [0.2, 0.25) is 5.88 Å². The van der Waals surface area contributed by atoms with Crippen LogP contribution >= 0.6 is 15.9 Å². The van der Waals surface area contributed by atoms with Gasteiger partial charge in [-0.1, -0.05) is 6.07 Å². The molecule has 7 heteroatoms. The summed E-state index contributed by atoms with van der Waals surface area (Å²) < 4.78 is 43.4. The van der Waals surface area contributed by atoms with Crippen LogP contribution in [0, 0.1) is 6.92 Å². The highest BCUT2D eigenvalue weighted by atomic mass is 79.9. The van der Waals surface area contributed by atoms with Crippen molar-refractivity contribution in [1.82, 2.24) is 9.97 Å². The summed E-state index contributed by atoms with van der Waals surface area (Å²) in [6, 6.07) is 6.09. The number of aryl methyl sites for hydroxylation is 1. The van der Waals surface area contributed by atoms with Crippen molar-refractivity contribution in [3.63, 3.8) is 0 Å². The van der Waals surface area contributed by atoms with Crippen LogP contribution in [0.2, 0.25) is 0 Å². The van der Waals surface area contributed by atoms with Crippen LogP contribution in [-0.4, -0.2) is 9.97 Å². The van der Waals surface area contributed by atoms with E-state index in [-0.39, 0.29) is 11.6 Å². The normalized spacial score (nSPS) is 11.4. The Labute approximate surface area is 115 Å². The van der Waals surface area contributed by atoms with Crippen LogP contribution in [0.5, 0.6) is 11.6 Å². The molecule has 2 aromatic rings. The molecule has 0 fully saturated rings. The van der Waals surface area contributed by atoms with Crippen LogP contribution in [0.25, 0.3) is 0 Å². The van der Waals surface area contributed by atoms with Crippen molar-refractivity contribution in [2.24, 2.45) is 0 Å². The van der Waals surface area contributed by atoms with Gasteiger partial charge in [0.05, 0.1) is 5.56 Å². The zero-order valence-electron chi connectivity index (χ0n) is 9.70. The molecule has 0 bridgehead atoms. The molecular formula is C12H8BrF3N2O. The molecule has 0 saturated heterocycles. The van der Waals surface area contributed by atoms with Crippen molar-refractivity contribution in [2.45, 2.75) is 13.1 Å². The molecule has 0 atom stereocenters. The molecule has 0 unspecified atom stereocenters. The summed E-state index contributed by atoms with van der Waals surface area (Å²) >= 11 is 3.16. The Morgan fingerprint density at radius 1 is 1.16 bits per heavy atom. The molecular weight excluding hydrogens is 325 g/mol. The van der Waals surface area contributed by atoms with Gasteiger partial charge in [-0.15, -0.1) is 0 Å². The maximum atomic E-state index is 12.5. The molecule has 0 aliphatic carbocycles. The minimum atomic E-state index is -4.40. The third kappa shape index (κ3) is 3.66. The minimum absolute atomic E-state index is 0.0693. The summed E-state index contributed by atoms with van der Waals surface area (Å²) in [6.45, 7) is 1.66. The summed E-state index contributed by atoms with van der Waals surface area (Å²) in [5.74, 6) is 0.704. The average Bonchev–Trinajstić information content (AvgIpc) is 2.26. The first-order chi connectivity index (χ1) is 8.84.